The number of carbonyl (C=O) groups excluding carboxylic acids is 3. The van der Waals surface area contributed by atoms with Gasteiger partial charge in [0.2, 0.25) is 5.91 Å². The van der Waals surface area contributed by atoms with Crippen LogP contribution in [-0.4, -0.2) is 73.1 Å². The van der Waals surface area contributed by atoms with E-state index in [0.717, 1.165) is 19.3 Å². The van der Waals surface area contributed by atoms with Crippen LogP contribution in [0.2, 0.25) is 0 Å². The largest absolute Gasteiger partial charge is 0.493 e. The monoisotopic (exact) mass is 521 g/mol. The van der Waals surface area contributed by atoms with Crippen molar-refractivity contribution >= 4 is 35.3 Å². The molecule has 0 bridgehead atoms. The summed E-state index contributed by atoms with van der Waals surface area (Å²) >= 11 is 0. The maximum atomic E-state index is 13.1. The molecule has 2 N–H and O–H groups in total. The first kappa shape index (κ1) is 24.0. The number of methoxy groups -OCH3 is 2. The van der Waals surface area contributed by atoms with Crippen molar-refractivity contribution in [3.05, 3.63) is 35.4 Å². The number of fused-ring (bicyclic) bond motifs is 4. The average Bonchev–Trinajstić information content (AvgIpc) is 3.57. The van der Waals surface area contributed by atoms with Crippen LogP contribution in [0.1, 0.15) is 46.4 Å². The maximum absolute atomic E-state index is 13.1. The molecule has 198 valence electrons. The Hall–Kier alpha value is -4.32. The molecule has 0 unspecified atom stereocenters. The second-order valence-electron chi connectivity index (χ2n) is 9.49. The lowest BCUT2D eigenvalue weighted by Crippen LogP contribution is -2.40. The third kappa shape index (κ3) is 3.97. The van der Waals surface area contributed by atoms with Crippen molar-refractivity contribution in [2.24, 2.45) is 4.99 Å². The van der Waals surface area contributed by atoms with Gasteiger partial charge in [0.1, 0.15) is 6.04 Å². The van der Waals surface area contributed by atoms with Crippen molar-refractivity contribution in [2.45, 2.75) is 37.8 Å². The summed E-state index contributed by atoms with van der Waals surface area (Å²) in [6.45, 7) is 1.22. The molecule has 4 heterocycles. The van der Waals surface area contributed by atoms with Crippen LogP contribution in [-0.2, 0) is 4.79 Å². The predicted octanol–water partition coefficient (Wildman–Crippen LogP) is 2.46. The van der Waals surface area contributed by atoms with Gasteiger partial charge in [-0.15, -0.1) is 0 Å². The number of anilines is 1. The fraction of sp³-hybridized carbons (Fsp3) is 0.385. The number of nitrogens with zero attached hydrogens (tertiary/aromatic N) is 3. The van der Waals surface area contributed by atoms with E-state index >= 15 is 0 Å². The second-order valence-corrected chi connectivity index (χ2v) is 9.49. The van der Waals surface area contributed by atoms with E-state index in [0.29, 0.717) is 47.8 Å². The summed E-state index contributed by atoms with van der Waals surface area (Å²) in [5, 5.41) is 2.83. The van der Waals surface area contributed by atoms with Crippen LogP contribution in [0.15, 0.2) is 29.3 Å². The number of benzene rings is 2. The topological polar surface area (TPSA) is 131 Å². The van der Waals surface area contributed by atoms with E-state index in [1.165, 1.54) is 26.4 Å². The zero-order valence-corrected chi connectivity index (χ0v) is 21.0. The van der Waals surface area contributed by atoms with Crippen LogP contribution in [0.25, 0.3) is 0 Å². The molecule has 4 aliphatic rings. The van der Waals surface area contributed by atoms with Crippen molar-refractivity contribution in [1.29, 1.82) is 0 Å². The summed E-state index contributed by atoms with van der Waals surface area (Å²) in [7, 11) is 2.92. The molecular formula is C26H27N5O7. The highest BCUT2D eigenvalue weighted by Gasteiger charge is 2.39. The number of ether oxygens (including phenoxy) is 2. The number of hydrogen-bond acceptors (Lipinski definition) is 9. The van der Waals surface area contributed by atoms with E-state index in [4.69, 9.17) is 19.1 Å². The number of hydrogen-bond donors (Lipinski definition) is 2. The minimum absolute atomic E-state index is 0.0175. The van der Waals surface area contributed by atoms with Crippen LogP contribution >= 0.6 is 0 Å². The highest BCUT2D eigenvalue weighted by Crippen LogP contribution is 2.39. The lowest BCUT2D eigenvalue weighted by atomic mass is 10.1. The molecule has 38 heavy (non-hydrogen) atoms. The number of nitrogens with one attached hydrogen (secondary N) is 2. The van der Waals surface area contributed by atoms with E-state index in [9.17, 15) is 14.4 Å². The smallest absolute Gasteiger partial charge is 0.256 e. The van der Waals surface area contributed by atoms with Gasteiger partial charge in [-0.25, -0.2) is 0 Å². The number of carbonyl (C=O) groups is 3. The van der Waals surface area contributed by atoms with E-state index in [1.54, 1.807) is 23.2 Å². The molecule has 2 aromatic carbocycles. The molecule has 0 aromatic heterocycles. The van der Waals surface area contributed by atoms with Gasteiger partial charge in [-0.2, -0.15) is 0 Å². The van der Waals surface area contributed by atoms with Gasteiger partial charge in [-0.1, -0.05) is 0 Å². The molecule has 3 amide bonds. The standard InChI is InChI=1S/C26H27N5O7/c1-35-20-9-15-17(27-13-14-5-3-7-30(14)25(15)33)11-22(20)37-29-38-23-12-18-16(10-21(23)36-2)26(34)31-8-4-6-19(31)24(32)28-18/h9-14,19,29H,3-8H2,1-2H3,(H,28,32)/t14-,19-/m0/s1. The number of rotatable bonds is 6. The Balaban J connectivity index is 1.23. The van der Waals surface area contributed by atoms with E-state index in [2.05, 4.69) is 16.0 Å². The predicted molar refractivity (Wildman–Crippen MR) is 135 cm³/mol. The normalized spacial score (nSPS) is 21.6. The van der Waals surface area contributed by atoms with E-state index in [1.807, 2.05) is 4.90 Å². The third-order valence-corrected chi connectivity index (χ3v) is 7.37. The van der Waals surface area contributed by atoms with Crippen LogP contribution in [0.5, 0.6) is 23.0 Å². The summed E-state index contributed by atoms with van der Waals surface area (Å²) in [5.41, 5.74) is 3.95. The van der Waals surface area contributed by atoms with Gasteiger partial charge in [0.05, 0.1) is 42.8 Å². The minimum Gasteiger partial charge on any atom is -0.493 e. The summed E-state index contributed by atoms with van der Waals surface area (Å²) in [4.78, 5) is 58.0. The quantitative estimate of drug-likeness (QED) is 0.555. The molecule has 0 aliphatic carbocycles. The van der Waals surface area contributed by atoms with Crippen LogP contribution in [0, 0.1) is 0 Å². The van der Waals surface area contributed by atoms with Gasteiger partial charge in [0.25, 0.3) is 11.8 Å². The molecule has 12 heteroatoms. The van der Waals surface area contributed by atoms with Gasteiger partial charge in [-0.05, 0) is 37.8 Å². The lowest BCUT2D eigenvalue weighted by molar-refractivity contribution is -0.119. The molecular weight excluding hydrogens is 494 g/mol. The molecule has 0 saturated carbocycles. The SMILES string of the molecule is COc1cc2c(cc1ONOc1cc3c(cc1OC)C(=O)N1CCC[C@H]1C(=O)N3)N=C[C@@H]1CCCN1C2=O. The van der Waals surface area contributed by atoms with Crippen molar-refractivity contribution in [3.63, 3.8) is 0 Å². The first-order valence-corrected chi connectivity index (χ1v) is 12.5. The lowest BCUT2D eigenvalue weighted by Gasteiger charge is -2.20. The Kier molecular flexibility index (Phi) is 6.03. The van der Waals surface area contributed by atoms with Crippen molar-refractivity contribution in [3.8, 4) is 23.0 Å². The molecule has 12 nitrogen and oxygen atoms in total. The molecule has 2 fully saturated rings. The number of amides is 3. The Morgan fingerprint density at radius 2 is 1.50 bits per heavy atom. The van der Waals surface area contributed by atoms with Crippen molar-refractivity contribution < 1.29 is 33.5 Å². The molecule has 4 aliphatic heterocycles. The highest BCUT2D eigenvalue weighted by atomic mass is 16.9. The minimum atomic E-state index is -0.488. The first-order chi connectivity index (χ1) is 18.5. The van der Waals surface area contributed by atoms with Crippen LogP contribution in [0.3, 0.4) is 0 Å². The fourth-order valence-electron chi connectivity index (χ4n) is 5.43. The Morgan fingerprint density at radius 3 is 2.26 bits per heavy atom. The van der Waals surface area contributed by atoms with Gasteiger partial charge in [0.15, 0.2) is 23.0 Å². The molecule has 6 rings (SSSR count). The molecule has 2 atom stereocenters. The molecule has 0 radical (unpaired) electrons. The van der Waals surface area contributed by atoms with E-state index in [-0.39, 0.29) is 41.0 Å². The van der Waals surface area contributed by atoms with Crippen molar-refractivity contribution in [1.82, 2.24) is 15.4 Å². The van der Waals surface area contributed by atoms with Gasteiger partial charge in [0, 0.05) is 37.1 Å². The molecule has 0 spiro atoms. The van der Waals surface area contributed by atoms with Crippen LogP contribution in [0.4, 0.5) is 11.4 Å². The first-order valence-electron chi connectivity index (χ1n) is 12.5. The average molecular weight is 522 g/mol. The Bertz CT molecular complexity index is 1360. The van der Waals surface area contributed by atoms with Crippen LogP contribution < -0.4 is 30.1 Å². The number of aliphatic imine (C=N–C) groups is 1. The zero-order valence-electron chi connectivity index (χ0n) is 21.0. The van der Waals surface area contributed by atoms with Gasteiger partial charge >= 0.3 is 0 Å². The Morgan fingerprint density at radius 1 is 0.842 bits per heavy atom. The molecule has 2 aromatic rings. The Labute approximate surface area is 218 Å². The van der Waals surface area contributed by atoms with Gasteiger partial charge < -0.3 is 34.3 Å². The van der Waals surface area contributed by atoms with E-state index < -0.39 is 6.04 Å². The highest BCUT2D eigenvalue weighted by molar-refractivity contribution is 6.10. The second kappa shape index (κ2) is 9.53. The summed E-state index contributed by atoms with van der Waals surface area (Å²) < 4.78 is 10.9. The zero-order chi connectivity index (χ0) is 26.4. The fourth-order valence-corrected chi connectivity index (χ4v) is 5.43. The van der Waals surface area contributed by atoms with Gasteiger partial charge in [-0.3, -0.25) is 19.4 Å². The summed E-state index contributed by atoms with van der Waals surface area (Å²) in [6.07, 6.45) is 5.02. The van der Waals surface area contributed by atoms with Crippen molar-refractivity contribution in [2.75, 3.05) is 32.6 Å². The maximum Gasteiger partial charge on any atom is 0.256 e. The summed E-state index contributed by atoms with van der Waals surface area (Å²) in [6, 6.07) is 5.73. The summed E-state index contributed by atoms with van der Waals surface area (Å²) in [5.74, 6) is 0.444. The molecule has 2 saturated heterocycles. The third-order valence-electron chi connectivity index (χ3n) is 7.37.